The normalized spacial score (nSPS) is 11.9. The van der Waals surface area contributed by atoms with Crippen molar-refractivity contribution in [2.24, 2.45) is 0 Å². The third-order valence-corrected chi connectivity index (χ3v) is 6.82. The number of carbonyl (C=O) groups excluding carboxylic acids is 1. The lowest BCUT2D eigenvalue weighted by Crippen LogP contribution is -2.28. The monoisotopic (exact) mass is 505 g/mol. The molecular weight excluding hydrogens is 474 g/mol. The number of aromatic nitrogens is 2. The van der Waals surface area contributed by atoms with E-state index in [0.29, 0.717) is 17.9 Å². The Hall–Kier alpha value is -3.51. The topological polar surface area (TPSA) is 65.4 Å². The molecule has 3 aromatic carbocycles. The number of amides is 1. The van der Waals surface area contributed by atoms with E-state index in [9.17, 15) is 4.79 Å². The Morgan fingerprint density at radius 2 is 1.72 bits per heavy atom. The highest BCUT2D eigenvalue weighted by atomic mass is 35.5. The van der Waals surface area contributed by atoms with Gasteiger partial charge in [-0.1, -0.05) is 23.7 Å². The van der Waals surface area contributed by atoms with Crippen molar-refractivity contribution in [2.75, 3.05) is 13.7 Å². The molecule has 1 atom stereocenters. The average Bonchev–Trinajstić information content (AvgIpc) is 3.25. The third kappa shape index (κ3) is 5.82. The van der Waals surface area contributed by atoms with Crippen LogP contribution in [0.4, 0.5) is 0 Å². The summed E-state index contributed by atoms with van der Waals surface area (Å²) in [6.07, 6.45) is 1.80. The van der Waals surface area contributed by atoms with E-state index in [1.165, 1.54) is 0 Å². The fourth-order valence-electron chi connectivity index (χ4n) is 4.30. The van der Waals surface area contributed by atoms with Gasteiger partial charge in [-0.15, -0.1) is 0 Å². The highest BCUT2D eigenvalue weighted by Crippen LogP contribution is 2.26. The van der Waals surface area contributed by atoms with Gasteiger partial charge in [-0.3, -0.25) is 4.79 Å². The van der Waals surface area contributed by atoms with Crippen molar-refractivity contribution in [1.29, 1.82) is 0 Å². The summed E-state index contributed by atoms with van der Waals surface area (Å²) >= 11 is 6.26. The minimum absolute atomic E-state index is 0.147. The number of rotatable bonds is 10. The fraction of sp³-hybridized carbons (Fsp3) is 0.310. The Morgan fingerprint density at radius 1 is 1.03 bits per heavy atom. The Bertz CT molecular complexity index is 1320. The van der Waals surface area contributed by atoms with E-state index in [1.54, 1.807) is 31.4 Å². The van der Waals surface area contributed by atoms with Crippen LogP contribution in [0.15, 0.2) is 60.7 Å². The molecule has 4 aromatic rings. The van der Waals surface area contributed by atoms with Crippen LogP contribution in [0.3, 0.4) is 0 Å². The van der Waals surface area contributed by atoms with Crippen molar-refractivity contribution in [3.05, 3.63) is 88.2 Å². The van der Waals surface area contributed by atoms with Gasteiger partial charge in [-0.05, 0) is 93.3 Å². The Kier molecular flexibility index (Phi) is 8.16. The lowest BCUT2D eigenvalue weighted by atomic mass is 10.1. The number of methoxy groups -OCH3 is 1. The van der Waals surface area contributed by atoms with E-state index in [1.807, 2.05) is 51.1 Å². The maximum absolute atomic E-state index is 12.8. The summed E-state index contributed by atoms with van der Waals surface area (Å²) in [5.74, 6) is 2.25. The number of imidazole rings is 1. The van der Waals surface area contributed by atoms with Crippen LogP contribution >= 0.6 is 11.6 Å². The van der Waals surface area contributed by atoms with Crippen LogP contribution in [0.5, 0.6) is 11.5 Å². The molecule has 0 spiro atoms. The molecule has 0 aliphatic rings. The maximum Gasteiger partial charge on any atom is 0.251 e. The van der Waals surface area contributed by atoms with Gasteiger partial charge < -0.3 is 19.4 Å². The van der Waals surface area contributed by atoms with Gasteiger partial charge in [0.25, 0.3) is 5.91 Å². The Labute approximate surface area is 217 Å². The van der Waals surface area contributed by atoms with Crippen LogP contribution in [0.2, 0.25) is 5.02 Å². The molecule has 1 aromatic heterocycles. The zero-order valence-corrected chi connectivity index (χ0v) is 21.9. The SMILES string of the molecule is COc1ccc(C(=O)NC(C)c2nc3ccccc3n2CCCCOc2cc(C)c(Cl)c(C)c2)cc1. The first-order valence-corrected chi connectivity index (χ1v) is 12.5. The molecule has 0 saturated heterocycles. The molecule has 4 rings (SSSR count). The lowest BCUT2D eigenvalue weighted by Gasteiger charge is -2.17. The Morgan fingerprint density at radius 3 is 2.42 bits per heavy atom. The first kappa shape index (κ1) is 25.6. The predicted molar refractivity (Wildman–Crippen MR) is 144 cm³/mol. The van der Waals surface area contributed by atoms with Crippen molar-refractivity contribution in [3.8, 4) is 11.5 Å². The molecule has 0 radical (unpaired) electrons. The average molecular weight is 506 g/mol. The summed E-state index contributed by atoms with van der Waals surface area (Å²) in [5, 5.41) is 3.88. The van der Waals surface area contributed by atoms with Crippen molar-refractivity contribution in [2.45, 2.75) is 46.2 Å². The van der Waals surface area contributed by atoms with Gasteiger partial charge in [0.1, 0.15) is 17.3 Å². The second-order valence-corrected chi connectivity index (χ2v) is 9.34. The number of para-hydroxylation sites is 2. The van der Waals surface area contributed by atoms with Crippen LogP contribution in [0, 0.1) is 13.8 Å². The summed E-state index contributed by atoms with van der Waals surface area (Å²) in [7, 11) is 1.60. The fourth-order valence-corrected chi connectivity index (χ4v) is 4.41. The zero-order chi connectivity index (χ0) is 25.7. The number of ether oxygens (including phenoxy) is 2. The first-order valence-electron chi connectivity index (χ1n) is 12.2. The van der Waals surface area contributed by atoms with Crippen LogP contribution in [0.25, 0.3) is 11.0 Å². The number of aryl methyl sites for hydroxylation is 3. The number of halogens is 1. The summed E-state index contributed by atoms with van der Waals surface area (Å²) in [4.78, 5) is 17.7. The smallest absolute Gasteiger partial charge is 0.251 e. The van der Waals surface area contributed by atoms with E-state index in [0.717, 1.165) is 58.1 Å². The molecule has 7 heteroatoms. The van der Waals surface area contributed by atoms with Gasteiger partial charge in [0, 0.05) is 17.1 Å². The van der Waals surface area contributed by atoms with E-state index in [-0.39, 0.29) is 11.9 Å². The number of nitrogens with zero attached hydrogens (tertiary/aromatic N) is 2. The van der Waals surface area contributed by atoms with Crippen molar-refractivity contribution in [1.82, 2.24) is 14.9 Å². The van der Waals surface area contributed by atoms with E-state index >= 15 is 0 Å². The maximum atomic E-state index is 12.8. The van der Waals surface area contributed by atoms with Gasteiger partial charge in [0.15, 0.2) is 0 Å². The molecule has 36 heavy (non-hydrogen) atoms. The zero-order valence-electron chi connectivity index (χ0n) is 21.2. The van der Waals surface area contributed by atoms with E-state index in [4.69, 9.17) is 26.1 Å². The molecule has 1 amide bonds. The van der Waals surface area contributed by atoms with Gasteiger partial charge in [-0.2, -0.15) is 0 Å². The van der Waals surface area contributed by atoms with Crippen LogP contribution in [-0.4, -0.2) is 29.2 Å². The highest BCUT2D eigenvalue weighted by molar-refractivity contribution is 6.32. The summed E-state index contributed by atoms with van der Waals surface area (Å²) in [6.45, 7) is 7.34. The molecule has 0 bridgehead atoms. The molecule has 0 saturated carbocycles. The minimum atomic E-state index is -0.261. The summed E-state index contributed by atoms with van der Waals surface area (Å²) in [5.41, 5.74) is 4.60. The molecule has 1 N–H and O–H groups in total. The van der Waals surface area contributed by atoms with Gasteiger partial charge in [0.05, 0.1) is 30.8 Å². The predicted octanol–water partition coefficient (Wildman–Crippen LogP) is 6.67. The number of nitrogens with one attached hydrogen (secondary N) is 1. The first-order chi connectivity index (χ1) is 17.4. The van der Waals surface area contributed by atoms with Crippen molar-refractivity contribution in [3.63, 3.8) is 0 Å². The van der Waals surface area contributed by atoms with Crippen LogP contribution in [0.1, 0.15) is 53.1 Å². The second kappa shape index (κ2) is 11.5. The van der Waals surface area contributed by atoms with Crippen molar-refractivity contribution >= 4 is 28.5 Å². The number of benzene rings is 3. The largest absolute Gasteiger partial charge is 0.497 e. The van der Waals surface area contributed by atoms with Gasteiger partial charge in [-0.25, -0.2) is 4.98 Å². The summed E-state index contributed by atoms with van der Waals surface area (Å²) < 4.78 is 13.4. The lowest BCUT2D eigenvalue weighted by molar-refractivity contribution is 0.0937. The number of fused-ring (bicyclic) bond motifs is 1. The quantitative estimate of drug-likeness (QED) is 0.244. The van der Waals surface area contributed by atoms with E-state index < -0.39 is 0 Å². The molecule has 1 unspecified atom stereocenters. The molecule has 0 aliphatic heterocycles. The Balaban J connectivity index is 1.41. The standard InChI is InChI=1S/C29H32ClN3O3/c1-19-17-24(18-20(2)27(19)30)36-16-8-7-15-33-26-10-6-5-9-25(26)32-28(33)21(3)31-29(34)22-11-13-23(35-4)14-12-22/h5-6,9-14,17-18,21H,7-8,15-16H2,1-4H3,(H,31,34). The molecule has 0 aliphatic carbocycles. The van der Waals surface area contributed by atoms with Crippen LogP contribution in [-0.2, 0) is 6.54 Å². The third-order valence-electron chi connectivity index (χ3n) is 6.23. The minimum Gasteiger partial charge on any atom is -0.497 e. The molecular formula is C29H32ClN3O3. The molecule has 6 nitrogen and oxygen atoms in total. The van der Waals surface area contributed by atoms with E-state index in [2.05, 4.69) is 16.0 Å². The van der Waals surface area contributed by atoms with Crippen LogP contribution < -0.4 is 14.8 Å². The summed E-state index contributed by atoms with van der Waals surface area (Å²) in [6, 6.07) is 18.8. The number of unbranched alkanes of at least 4 members (excludes halogenated alkanes) is 1. The van der Waals surface area contributed by atoms with Crippen molar-refractivity contribution < 1.29 is 14.3 Å². The van der Waals surface area contributed by atoms with Gasteiger partial charge >= 0.3 is 0 Å². The highest BCUT2D eigenvalue weighted by Gasteiger charge is 2.19. The number of hydrogen-bond acceptors (Lipinski definition) is 4. The number of carbonyl (C=O) groups is 1. The van der Waals surface area contributed by atoms with Gasteiger partial charge in [0.2, 0.25) is 0 Å². The number of hydrogen-bond donors (Lipinski definition) is 1. The second-order valence-electron chi connectivity index (χ2n) is 8.96. The molecule has 188 valence electrons. The molecule has 0 fully saturated rings. The molecule has 1 heterocycles.